The number of H-pyrrole nitrogens is 1. The van der Waals surface area contributed by atoms with Crippen molar-refractivity contribution in [3.8, 4) is 17.2 Å². The van der Waals surface area contributed by atoms with Gasteiger partial charge in [0, 0.05) is 67.1 Å². The maximum atomic E-state index is 13.9. The van der Waals surface area contributed by atoms with Gasteiger partial charge in [0.05, 0.1) is 23.3 Å². The molecule has 2 fully saturated rings. The van der Waals surface area contributed by atoms with Gasteiger partial charge in [0.2, 0.25) is 0 Å². The molecule has 9 N–H and O–H groups in total. The van der Waals surface area contributed by atoms with E-state index in [9.17, 15) is 13.2 Å². The Bertz CT molecular complexity index is 2600. The molecule has 328 valence electrons. The van der Waals surface area contributed by atoms with Gasteiger partial charge >= 0.3 is 0 Å². The number of hydrogen-bond donors (Lipinski definition) is 3. The number of aromatic amines is 1. The zero-order valence-electron chi connectivity index (χ0n) is 35.1. The minimum atomic E-state index is -4.28. The van der Waals surface area contributed by atoms with Crippen LogP contribution in [0.5, 0.6) is 17.2 Å². The van der Waals surface area contributed by atoms with Crippen molar-refractivity contribution in [1.82, 2.24) is 19.6 Å². The molecule has 62 heavy (non-hydrogen) atoms. The maximum Gasteiger partial charge on any atom is 0.268 e. The fourth-order valence-electron chi connectivity index (χ4n) is 9.36. The third-order valence-corrected chi connectivity index (χ3v) is 14.4. The van der Waals surface area contributed by atoms with Crippen LogP contribution in [-0.2, 0) is 10.0 Å². The number of carbonyl (C=O) groups excluding carboxylic acids is 1. The molecule has 2 bridgehead atoms. The molecule has 3 atom stereocenters. The third kappa shape index (κ3) is 9.70. The van der Waals surface area contributed by atoms with E-state index < -0.39 is 15.9 Å². The zero-order chi connectivity index (χ0) is 41.6. The van der Waals surface area contributed by atoms with Gasteiger partial charge in [-0.05, 0) is 115 Å². The Morgan fingerprint density at radius 3 is 2.48 bits per heavy atom. The summed E-state index contributed by atoms with van der Waals surface area (Å²) in [4.78, 5) is 26.2. The number of quaternary nitrogens is 1. The lowest BCUT2D eigenvalue weighted by Crippen LogP contribution is -2.47. The monoisotopic (exact) mass is 883 g/mol. The fraction of sp³-hybridized carbons (Fsp3) is 0.362. The molecule has 0 spiro atoms. The number of piperazine rings is 1. The Morgan fingerprint density at radius 1 is 0.968 bits per heavy atom. The first kappa shape index (κ1) is 44.8. The number of anilines is 1. The van der Waals surface area contributed by atoms with Gasteiger partial charge in [-0.25, -0.2) is 18.1 Å². The predicted molar refractivity (Wildman–Crippen MR) is 242 cm³/mol. The van der Waals surface area contributed by atoms with E-state index in [0.29, 0.717) is 47.2 Å². The Hall–Kier alpha value is -5.22. The Morgan fingerprint density at radius 2 is 1.76 bits per heavy atom. The summed E-state index contributed by atoms with van der Waals surface area (Å²) in [5, 5.41) is 1.59. The van der Waals surface area contributed by atoms with Gasteiger partial charge in [0.1, 0.15) is 17.1 Å². The van der Waals surface area contributed by atoms with E-state index in [4.69, 9.17) is 21.1 Å². The summed E-state index contributed by atoms with van der Waals surface area (Å²) in [6.45, 7) is 9.46. The number of rotatable bonds is 12. The van der Waals surface area contributed by atoms with E-state index in [1.807, 2.05) is 36.4 Å². The molecule has 13 nitrogen and oxygen atoms in total. The smallest absolute Gasteiger partial charge is 0.268 e. The molecule has 1 amide bonds. The highest BCUT2D eigenvalue weighted by atomic mass is 35.5. The number of carbonyl (C=O) groups is 1. The molecule has 5 aromatic rings. The summed E-state index contributed by atoms with van der Waals surface area (Å²) in [5.74, 6) is 1.98. The van der Waals surface area contributed by atoms with Crippen LogP contribution in [0, 0.1) is 23.2 Å². The third-order valence-electron chi connectivity index (χ3n) is 12.8. The molecule has 2 aromatic heterocycles. The first-order chi connectivity index (χ1) is 28.9. The van der Waals surface area contributed by atoms with E-state index >= 15 is 0 Å². The average molecular weight is 885 g/mol. The zero-order valence-corrected chi connectivity index (χ0v) is 36.7. The molecule has 0 radical (unpaired) electrons. The number of ether oxygens (including phenoxy) is 2. The van der Waals surface area contributed by atoms with Gasteiger partial charge in [0.25, 0.3) is 15.9 Å². The van der Waals surface area contributed by atoms with Gasteiger partial charge in [-0.15, -0.1) is 0 Å². The van der Waals surface area contributed by atoms with Crippen LogP contribution in [-0.4, -0.2) is 79.5 Å². The first-order valence-electron chi connectivity index (χ1n) is 20.9. The van der Waals surface area contributed by atoms with Crippen molar-refractivity contribution in [2.24, 2.45) is 23.2 Å². The number of allylic oxidation sites excluding steroid dienone is 3. The average Bonchev–Trinajstić information content (AvgIpc) is 4.00. The SMILES string of the molecule is CC1(C)CCC(CN2CCN(c3ccc(C(=O)NS(=O)(=O)c4ccc(OCC5C[C@H]6C=C[C@@H]5C6)c([NH3+])c4)c(Oc4cnc5[nH]ccc5c4)c3)CC2)=C(c2ccc(Cl)cc2)C1.O.O. The molecule has 15 heteroatoms. The lowest BCUT2D eigenvalue weighted by Gasteiger charge is -2.39. The number of nitrogens with zero attached hydrogens (tertiary/aromatic N) is 3. The normalized spacial score (nSPS) is 20.8. The summed E-state index contributed by atoms with van der Waals surface area (Å²) in [5.41, 5.74) is 10.6. The van der Waals surface area contributed by atoms with Crippen LogP contribution in [0.1, 0.15) is 61.9 Å². The Kier molecular flexibility index (Phi) is 13.2. The van der Waals surface area contributed by atoms with Crippen LogP contribution in [0.15, 0.2) is 108 Å². The van der Waals surface area contributed by atoms with Crippen LogP contribution in [0.2, 0.25) is 5.02 Å². The van der Waals surface area contributed by atoms with Crippen LogP contribution in [0.3, 0.4) is 0 Å². The van der Waals surface area contributed by atoms with E-state index in [2.05, 4.69) is 68.4 Å². The Labute approximate surface area is 367 Å². The second-order valence-corrected chi connectivity index (χ2v) is 19.7. The summed E-state index contributed by atoms with van der Waals surface area (Å²) in [6, 6.07) is 21.8. The molecule has 9 rings (SSSR count). The molecule has 4 aliphatic rings. The lowest BCUT2D eigenvalue weighted by molar-refractivity contribution is -0.257. The number of halogens is 1. The number of pyridine rings is 1. The van der Waals surface area contributed by atoms with Crippen molar-refractivity contribution in [1.29, 1.82) is 0 Å². The molecule has 3 aromatic carbocycles. The van der Waals surface area contributed by atoms with Crippen molar-refractivity contribution >= 4 is 55.5 Å². The number of aromatic nitrogens is 2. The molecular weight excluding hydrogens is 828 g/mol. The van der Waals surface area contributed by atoms with Gasteiger partial charge in [-0.3, -0.25) is 9.69 Å². The van der Waals surface area contributed by atoms with Crippen LogP contribution in [0.25, 0.3) is 16.6 Å². The molecule has 1 unspecified atom stereocenters. The number of fused-ring (bicyclic) bond motifs is 3. The molecule has 3 aliphatic carbocycles. The highest BCUT2D eigenvalue weighted by Gasteiger charge is 2.36. The molecule has 3 heterocycles. The van der Waals surface area contributed by atoms with Gasteiger partial charge in [0.15, 0.2) is 11.4 Å². The second kappa shape index (κ2) is 18.2. The van der Waals surface area contributed by atoms with E-state index in [1.54, 1.807) is 24.5 Å². The minimum absolute atomic E-state index is 0. The van der Waals surface area contributed by atoms with Crippen LogP contribution in [0.4, 0.5) is 11.4 Å². The van der Waals surface area contributed by atoms with Crippen molar-refractivity contribution < 1.29 is 39.4 Å². The minimum Gasteiger partial charge on any atom is -0.487 e. The quantitative estimate of drug-likeness (QED) is 0.114. The standard InChI is InChI=1S/C47H51ClN6O5S.2H2O/c1-47(2)15-13-34(41(26-47)31-5-7-36(48)8-6-31)28-53-17-19-54(20-18-53)37-9-11-40(44(24-37)59-38-23-33-14-16-50-45(33)51-27-38)46(55)52-60(56,57)39-10-12-43(42(49)25-39)58-29-35-22-30-3-4-32(35)21-30;;/h3-12,14,16,23-25,27,30,32,35H,13,15,17-22,26,28-29,49H2,1-2H3,(H,50,51)(H,52,55);2*1H2/p+1/t30-,32+,35?;;/m0../s1. The number of sulfonamides is 1. The first-order valence-corrected chi connectivity index (χ1v) is 22.8. The van der Waals surface area contributed by atoms with Gasteiger partial charge in [-0.2, -0.15) is 0 Å². The summed E-state index contributed by atoms with van der Waals surface area (Å²) in [7, 11) is -4.28. The highest BCUT2D eigenvalue weighted by molar-refractivity contribution is 7.90. The fourth-order valence-corrected chi connectivity index (χ4v) is 10.5. The summed E-state index contributed by atoms with van der Waals surface area (Å²) < 4.78 is 42.1. The van der Waals surface area contributed by atoms with Gasteiger partial charge < -0.3 is 36.0 Å². The van der Waals surface area contributed by atoms with Crippen molar-refractivity contribution in [3.05, 3.63) is 119 Å². The van der Waals surface area contributed by atoms with Crippen molar-refractivity contribution in [2.75, 3.05) is 44.2 Å². The number of amides is 1. The predicted octanol–water partition coefficient (Wildman–Crippen LogP) is 6.73. The number of benzene rings is 3. The van der Waals surface area contributed by atoms with Crippen molar-refractivity contribution in [2.45, 2.75) is 50.8 Å². The van der Waals surface area contributed by atoms with E-state index in [-0.39, 0.29) is 32.6 Å². The molecule has 1 saturated heterocycles. The highest BCUT2D eigenvalue weighted by Crippen LogP contribution is 2.45. The molecule has 1 aliphatic heterocycles. The van der Waals surface area contributed by atoms with Crippen molar-refractivity contribution in [3.63, 3.8) is 0 Å². The van der Waals surface area contributed by atoms with E-state index in [1.165, 1.54) is 35.3 Å². The summed E-state index contributed by atoms with van der Waals surface area (Å²) in [6.07, 6.45) is 13.5. The second-order valence-electron chi connectivity index (χ2n) is 17.6. The number of hydrogen-bond acceptors (Lipinski definition) is 8. The van der Waals surface area contributed by atoms with Crippen LogP contribution < -0.4 is 24.8 Å². The summed E-state index contributed by atoms with van der Waals surface area (Å²) >= 11 is 6.25. The number of nitrogens with one attached hydrogen (secondary N) is 2. The van der Waals surface area contributed by atoms with E-state index in [0.717, 1.165) is 74.5 Å². The maximum absolute atomic E-state index is 13.9. The lowest BCUT2D eigenvalue weighted by atomic mass is 9.72. The van der Waals surface area contributed by atoms with Gasteiger partial charge in [-0.1, -0.05) is 55.3 Å². The molecular formula is C47H56ClN6O7S+. The Balaban J connectivity index is 0.00000289. The molecule has 1 saturated carbocycles. The van der Waals surface area contributed by atoms with Crippen LogP contribution >= 0.6 is 11.6 Å². The topological polar surface area (TPSA) is 208 Å². The largest absolute Gasteiger partial charge is 0.487 e.